The molecule has 0 aliphatic carbocycles. The Balaban J connectivity index is 5.11. The van der Waals surface area contributed by atoms with Gasteiger partial charge in [-0.25, -0.2) is 0 Å². The number of hydrogen-bond donors (Lipinski definition) is 1. The van der Waals surface area contributed by atoms with Crippen LogP contribution in [0, 0.1) is 11.3 Å². The number of esters is 1. The number of hydrogen-bond acceptors (Lipinski definition) is 4. The Hall–Kier alpha value is -1.10. The summed E-state index contributed by atoms with van der Waals surface area (Å²) in [6.45, 7) is 4.93. The van der Waals surface area contributed by atoms with Gasteiger partial charge < -0.3 is 14.6 Å². The van der Waals surface area contributed by atoms with Gasteiger partial charge in [-0.3, -0.25) is 9.59 Å². The van der Waals surface area contributed by atoms with Gasteiger partial charge in [-0.05, 0) is 12.8 Å². The minimum atomic E-state index is -1.61. The Morgan fingerprint density at radius 1 is 1.40 bits per heavy atom. The van der Waals surface area contributed by atoms with Crippen molar-refractivity contribution in [2.75, 3.05) is 20.3 Å². The van der Waals surface area contributed by atoms with Gasteiger partial charge in [0.1, 0.15) is 0 Å². The van der Waals surface area contributed by atoms with Crippen LogP contribution in [-0.2, 0) is 19.1 Å². The quantitative estimate of drug-likeness (QED) is 0.530. The molecule has 15 heavy (non-hydrogen) atoms. The van der Waals surface area contributed by atoms with Gasteiger partial charge in [0.15, 0.2) is 5.41 Å². The molecule has 1 unspecified atom stereocenters. The minimum absolute atomic E-state index is 0.157. The minimum Gasteiger partial charge on any atom is -0.480 e. The molecule has 0 bridgehead atoms. The van der Waals surface area contributed by atoms with Crippen LogP contribution in [-0.4, -0.2) is 37.4 Å². The number of carboxylic acid groups (broad SMARTS) is 1. The summed E-state index contributed by atoms with van der Waals surface area (Å²) in [5.41, 5.74) is -1.61. The second-order valence-electron chi connectivity index (χ2n) is 3.58. The molecule has 88 valence electrons. The van der Waals surface area contributed by atoms with Crippen molar-refractivity contribution in [1.29, 1.82) is 0 Å². The highest BCUT2D eigenvalue weighted by molar-refractivity contribution is 5.99. The standard InChI is InChI=1S/C10H18O5/c1-5-15-9(13)10(6-14-4,7(2)3)8(11)12/h7H,5-6H2,1-4H3,(H,11,12). The normalized spacial score (nSPS) is 14.7. The van der Waals surface area contributed by atoms with Crippen molar-refractivity contribution in [1.82, 2.24) is 0 Å². The van der Waals surface area contributed by atoms with E-state index in [1.165, 1.54) is 7.11 Å². The molecule has 0 saturated carbocycles. The first-order valence-electron chi connectivity index (χ1n) is 4.83. The van der Waals surface area contributed by atoms with Crippen LogP contribution >= 0.6 is 0 Å². The lowest BCUT2D eigenvalue weighted by Gasteiger charge is -2.29. The first kappa shape index (κ1) is 13.9. The number of carbonyl (C=O) groups excluding carboxylic acids is 1. The van der Waals surface area contributed by atoms with E-state index < -0.39 is 23.3 Å². The smallest absolute Gasteiger partial charge is 0.326 e. The predicted molar refractivity (Wildman–Crippen MR) is 53.4 cm³/mol. The van der Waals surface area contributed by atoms with Crippen LogP contribution in [0.15, 0.2) is 0 Å². The predicted octanol–water partition coefficient (Wildman–Crippen LogP) is 0.923. The Morgan fingerprint density at radius 3 is 2.20 bits per heavy atom. The third-order valence-corrected chi connectivity index (χ3v) is 2.38. The largest absolute Gasteiger partial charge is 0.480 e. The average molecular weight is 218 g/mol. The summed E-state index contributed by atoms with van der Waals surface area (Å²) < 4.78 is 9.60. The van der Waals surface area contributed by atoms with Crippen molar-refractivity contribution in [2.45, 2.75) is 20.8 Å². The Kier molecular flexibility index (Phi) is 5.28. The molecular formula is C10H18O5. The maximum absolute atomic E-state index is 11.7. The van der Waals surface area contributed by atoms with E-state index >= 15 is 0 Å². The number of aliphatic carboxylic acids is 1. The van der Waals surface area contributed by atoms with E-state index in [9.17, 15) is 9.59 Å². The highest BCUT2D eigenvalue weighted by Crippen LogP contribution is 2.30. The van der Waals surface area contributed by atoms with E-state index in [1.54, 1.807) is 20.8 Å². The van der Waals surface area contributed by atoms with Crippen molar-refractivity contribution in [2.24, 2.45) is 11.3 Å². The molecule has 1 N–H and O–H groups in total. The van der Waals surface area contributed by atoms with Crippen molar-refractivity contribution in [3.05, 3.63) is 0 Å². The van der Waals surface area contributed by atoms with Gasteiger partial charge in [0.25, 0.3) is 0 Å². The van der Waals surface area contributed by atoms with Crippen LogP contribution < -0.4 is 0 Å². The molecular weight excluding hydrogens is 200 g/mol. The lowest BCUT2D eigenvalue weighted by atomic mass is 9.78. The van der Waals surface area contributed by atoms with Gasteiger partial charge in [0.05, 0.1) is 13.2 Å². The highest BCUT2D eigenvalue weighted by atomic mass is 16.5. The zero-order valence-corrected chi connectivity index (χ0v) is 9.57. The fourth-order valence-electron chi connectivity index (χ4n) is 1.34. The van der Waals surface area contributed by atoms with Crippen LogP contribution in [0.2, 0.25) is 0 Å². The monoisotopic (exact) mass is 218 g/mol. The molecule has 0 heterocycles. The number of rotatable bonds is 6. The van der Waals surface area contributed by atoms with E-state index in [0.29, 0.717) is 0 Å². The van der Waals surface area contributed by atoms with Crippen molar-refractivity contribution in [3.8, 4) is 0 Å². The lowest BCUT2D eigenvalue weighted by Crippen LogP contribution is -2.48. The van der Waals surface area contributed by atoms with Gasteiger partial charge in [-0.15, -0.1) is 0 Å². The molecule has 1 atom stereocenters. The number of ether oxygens (including phenoxy) is 2. The van der Waals surface area contributed by atoms with Gasteiger partial charge in [-0.2, -0.15) is 0 Å². The van der Waals surface area contributed by atoms with E-state index in [0.717, 1.165) is 0 Å². The zero-order valence-electron chi connectivity index (χ0n) is 9.57. The number of carboxylic acids is 1. The maximum Gasteiger partial charge on any atom is 0.326 e. The summed E-state index contributed by atoms with van der Waals surface area (Å²) in [5.74, 6) is -2.35. The van der Waals surface area contributed by atoms with Crippen molar-refractivity contribution >= 4 is 11.9 Å². The Labute approximate surface area is 89.4 Å². The van der Waals surface area contributed by atoms with Crippen LogP contribution in [0.3, 0.4) is 0 Å². The molecule has 0 aromatic rings. The van der Waals surface area contributed by atoms with E-state index in [-0.39, 0.29) is 13.2 Å². The number of carbonyl (C=O) groups is 2. The summed E-state index contributed by atoms with van der Waals surface area (Å²) in [4.78, 5) is 22.8. The van der Waals surface area contributed by atoms with Crippen molar-refractivity contribution < 1.29 is 24.2 Å². The van der Waals surface area contributed by atoms with Crippen LogP contribution in [0.5, 0.6) is 0 Å². The molecule has 0 spiro atoms. The molecule has 0 fully saturated rings. The second-order valence-corrected chi connectivity index (χ2v) is 3.58. The molecule has 0 radical (unpaired) electrons. The molecule has 0 amide bonds. The summed E-state index contributed by atoms with van der Waals surface area (Å²) in [7, 11) is 1.36. The first-order chi connectivity index (χ1) is 6.93. The number of methoxy groups -OCH3 is 1. The Morgan fingerprint density at radius 2 is 1.93 bits per heavy atom. The van der Waals surface area contributed by atoms with E-state index in [1.807, 2.05) is 0 Å². The van der Waals surface area contributed by atoms with E-state index in [2.05, 4.69) is 0 Å². The van der Waals surface area contributed by atoms with Gasteiger partial charge in [-0.1, -0.05) is 13.8 Å². The molecule has 0 aromatic carbocycles. The van der Waals surface area contributed by atoms with Gasteiger partial charge in [0, 0.05) is 7.11 Å². The molecule has 0 saturated heterocycles. The van der Waals surface area contributed by atoms with Crippen LogP contribution in [0.4, 0.5) is 0 Å². The first-order valence-corrected chi connectivity index (χ1v) is 4.83. The maximum atomic E-state index is 11.7. The summed E-state index contributed by atoms with van der Waals surface area (Å²) >= 11 is 0. The molecule has 5 heteroatoms. The zero-order chi connectivity index (χ0) is 12.1. The van der Waals surface area contributed by atoms with Crippen molar-refractivity contribution in [3.63, 3.8) is 0 Å². The fourth-order valence-corrected chi connectivity index (χ4v) is 1.34. The van der Waals surface area contributed by atoms with Crippen LogP contribution in [0.25, 0.3) is 0 Å². The lowest BCUT2D eigenvalue weighted by molar-refractivity contribution is -0.177. The second kappa shape index (κ2) is 5.70. The highest BCUT2D eigenvalue weighted by Gasteiger charge is 2.50. The van der Waals surface area contributed by atoms with Crippen LogP contribution in [0.1, 0.15) is 20.8 Å². The SMILES string of the molecule is CCOC(=O)C(COC)(C(=O)O)C(C)C. The molecule has 0 aromatic heterocycles. The molecule has 0 aliphatic heterocycles. The molecule has 5 nitrogen and oxygen atoms in total. The summed E-state index contributed by atoms with van der Waals surface area (Å²) in [6.07, 6.45) is 0. The van der Waals surface area contributed by atoms with E-state index in [4.69, 9.17) is 14.6 Å². The third-order valence-electron chi connectivity index (χ3n) is 2.38. The molecule has 0 aliphatic rings. The summed E-state index contributed by atoms with van der Waals surface area (Å²) in [6, 6.07) is 0. The van der Waals surface area contributed by atoms with Gasteiger partial charge >= 0.3 is 11.9 Å². The van der Waals surface area contributed by atoms with Gasteiger partial charge in [0.2, 0.25) is 0 Å². The average Bonchev–Trinajstić information content (AvgIpc) is 2.13. The summed E-state index contributed by atoms with van der Waals surface area (Å²) in [5, 5.41) is 9.14. The third kappa shape index (κ3) is 2.68. The topological polar surface area (TPSA) is 72.8 Å². The Bertz CT molecular complexity index is 236. The molecule has 0 rings (SSSR count). The fraction of sp³-hybridized carbons (Fsp3) is 0.800.